The third kappa shape index (κ3) is 8.98. The summed E-state index contributed by atoms with van der Waals surface area (Å²) < 4.78 is 20.8. The lowest BCUT2D eigenvalue weighted by atomic mass is 9.56. The SMILES string of the molecule is C=CCO[C@@]12Oc3ccc(Oc4cccc([N+](=O)[O-])c4)cc3[C@H]3[C@H](CCCCO)[C@@H](CCCCO)C=C(C(=NOC(C)(C)C)C[C@@H]1Sc1ccc4ccccc4c1)[C@H]32. The molecule has 7 rings (SSSR count). The van der Waals surface area contributed by atoms with Crippen LogP contribution in [0.1, 0.15) is 77.2 Å². The second kappa shape index (κ2) is 18.1. The molecular weight excluding hydrogens is 753 g/mol. The summed E-state index contributed by atoms with van der Waals surface area (Å²) in [5.41, 5.74) is 2.28. The van der Waals surface area contributed by atoms with Crippen LogP contribution in [-0.4, -0.2) is 57.3 Å². The van der Waals surface area contributed by atoms with Crippen molar-refractivity contribution >= 4 is 33.9 Å². The van der Waals surface area contributed by atoms with Gasteiger partial charge in [0.1, 0.15) is 22.8 Å². The van der Waals surface area contributed by atoms with Crippen LogP contribution in [-0.2, 0) is 9.57 Å². The molecule has 1 aliphatic heterocycles. The van der Waals surface area contributed by atoms with Crippen LogP contribution < -0.4 is 9.47 Å². The lowest BCUT2D eigenvalue weighted by molar-refractivity contribution is -0.384. The number of unbranched alkanes of at least 4 members (excludes halogenated alkanes) is 2. The molecule has 11 heteroatoms. The fourth-order valence-corrected chi connectivity index (χ4v) is 10.2. The van der Waals surface area contributed by atoms with Crippen LogP contribution in [0.3, 0.4) is 0 Å². The molecule has 306 valence electrons. The second-order valence-electron chi connectivity index (χ2n) is 16.4. The Bertz CT molecular complexity index is 2160. The number of aliphatic hydroxyl groups is 2. The van der Waals surface area contributed by atoms with Crippen molar-refractivity contribution < 1.29 is 34.2 Å². The van der Waals surface area contributed by atoms with Gasteiger partial charge in [0.25, 0.3) is 5.69 Å². The Kier molecular flexibility index (Phi) is 12.9. The first-order valence-electron chi connectivity index (χ1n) is 20.4. The Hall–Kier alpha value is -4.68. The van der Waals surface area contributed by atoms with E-state index in [0.717, 1.165) is 58.2 Å². The van der Waals surface area contributed by atoms with E-state index in [-0.39, 0.29) is 54.4 Å². The predicted octanol–water partition coefficient (Wildman–Crippen LogP) is 10.8. The summed E-state index contributed by atoms with van der Waals surface area (Å²) in [6.07, 6.45) is 9.42. The summed E-state index contributed by atoms with van der Waals surface area (Å²) in [7, 11) is 0. The van der Waals surface area contributed by atoms with Gasteiger partial charge in [-0.15, -0.1) is 18.3 Å². The van der Waals surface area contributed by atoms with Crippen molar-refractivity contribution in [1.82, 2.24) is 0 Å². The van der Waals surface area contributed by atoms with Crippen LogP contribution in [0.15, 0.2) is 119 Å². The number of ether oxygens (including phenoxy) is 3. The molecule has 0 bridgehead atoms. The summed E-state index contributed by atoms with van der Waals surface area (Å²) in [5, 5.41) is 38.4. The zero-order valence-electron chi connectivity index (χ0n) is 33.5. The fourth-order valence-electron chi connectivity index (χ4n) is 8.88. The van der Waals surface area contributed by atoms with Gasteiger partial charge in [-0.2, -0.15) is 0 Å². The van der Waals surface area contributed by atoms with Gasteiger partial charge in [0.15, 0.2) is 0 Å². The average Bonchev–Trinajstić information content (AvgIpc) is 3.21. The Balaban J connectivity index is 1.42. The third-order valence-electron chi connectivity index (χ3n) is 11.3. The Morgan fingerprint density at radius 1 is 0.948 bits per heavy atom. The highest BCUT2D eigenvalue weighted by atomic mass is 32.2. The Morgan fingerprint density at radius 3 is 2.45 bits per heavy atom. The molecule has 0 aromatic heterocycles. The first-order chi connectivity index (χ1) is 28.0. The minimum absolute atomic E-state index is 0.0545. The van der Waals surface area contributed by atoms with Crippen LogP contribution in [0, 0.1) is 27.9 Å². The number of nitro benzene ring substituents is 1. The largest absolute Gasteiger partial charge is 0.460 e. The van der Waals surface area contributed by atoms with Crippen molar-refractivity contribution in [3.05, 3.63) is 125 Å². The van der Waals surface area contributed by atoms with Gasteiger partial charge in [-0.1, -0.05) is 66.5 Å². The maximum atomic E-state index is 11.6. The van der Waals surface area contributed by atoms with Gasteiger partial charge < -0.3 is 29.3 Å². The lowest BCUT2D eigenvalue weighted by Crippen LogP contribution is -2.64. The number of nitro groups is 1. The second-order valence-corrected chi connectivity index (χ2v) is 17.7. The third-order valence-corrected chi connectivity index (χ3v) is 12.6. The first kappa shape index (κ1) is 41.5. The van der Waals surface area contributed by atoms with Crippen molar-refractivity contribution in [2.45, 2.75) is 93.2 Å². The highest BCUT2D eigenvalue weighted by Crippen LogP contribution is 2.63. The van der Waals surface area contributed by atoms with Gasteiger partial charge >= 0.3 is 0 Å². The van der Waals surface area contributed by atoms with E-state index >= 15 is 0 Å². The number of hydrogen-bond acceptors (Lipinski definition) is 10. The number of fused-ring (bicyclic) bond motifs is 3. The maximum Gasteiger partial charge on any atom is 0.273 e. The van der Waals surface area contributed by atoms with E-state index in [1.54, 1.807) is 30.0 Å². The van der Waals surface area contributed by atoms with Crippen molar-refractivity contribution in [3.63, 3.8) is 0 Å². The number of thioether (sulfide) groups is 1. The van der Waals surface area contributed by atoms with Crippen molar-refractivity contribution in [2.24, 2.45) is 22.9 Å². The topological polar surface area (TPSA) is 133 Å². The Morgan fingerprint density at radius 2 is 1.71 bits per heavy atom. The average molecular weight is 807 g/mol. The molecule has 1 fully saturated rings. The highest BCUT2D eigenvalue weighted by Gasteiger charge is 2.64. The van der Waals surface area contributed by atoms with Crippen molar-refractivity contribution in [2.75, 3.05) is 19.8 Å². The minimum Gasteiger partial charge on any atom is -0.460 e. The maximum absolute atomic E-state index is 11.6. The van der Waals surface area contributed by atoms with Crippen LogP contribution in [0.5, 0.6) is 17.2 Å². The molecule has 0 saturated heterocycles. The van der Waals surface area contributed by atoms with Crippen molar-refractivity contribution in [3.8, 4) is 17.2 Å². The molecule has 0 unspecified atom stereocenters. The smallest absolute Gasteiger partial charge is 0.273 e. The quantitative estimate of drug-likeness (QED) is 0.0463. The molecule has 1 heterocycles. The van der Waals surface area contributed by atoms with Crippen LogP contribution in [0.2, 0.25) is 0 Å². The predicted molar refractivity (Wildman–Crippen MR) is 229 cm³/mol. The number of non-ortho nitro benzene ring substituents is 1. The van der Waals surface area contributed by atoms with E-state index in [4.69, 9.17) is 24.2 Å². The number of benzene rings is 4. The molecule has 0 amide bonds. The molecule has 2 N–H and O–H groups in total. The fraction of sp³-hybridized carbons (Fsp3) is 0.426. The van der Waals surface area contributed by atoms with Crippen LogP contribution in [0.25, 0.3) is 10.8 Å². The Labute approximate surface area is 345 Å². The van der Waals surface area contributed by atoms with Gasteiger partial charge in [-0.3, -0.25) is 10.1 Å². The standard InChI is InChI=1S/C47H54N2O8S/c1-5-25-54-47-43(58-37-21-19-31-13-6-7-14-32(31)26-37)30-41(48-57-46(2,3)4)39-27-33(15-8-10-23-50)38(18-9-11-24-51)44(45(39)47)40-29-36(20-22-42(40)56-47)55-35-17-12-16-34(28-35)49(52)53/h5-7,12-14,16-17,19-22,26-29,33,38,43-45,50-51H,1,8-11,15,18,23-25,30H2,2-4H3/t33-,38+,43-,44+,45+,47+/m0/s1. The van der Waals surface area contributed by atoms with Gasteiger partial charge in [0.05, 0.1) is 34.5 Å². The molecule has 4 aromatic carbocycles. The summed E-state index contributed by atoms with van der Waals surface area (Å²) in [6.45, 7) is 10.5. The van der Waals surface area contributed by atoms with E-state index in [0.29, 0.717) is 36.5 Å². The molecule has 58 heavy (non-hydrogen) atoms. The normalized spacial score (nSPS) is 24.3. The summed E-state index contributed by atoms with van der Waals surface area (Å²) in [6, 6.07) is 26.9. The number of aliphatic hydroxyl groups excluding tert-OH is 2. The monoisotopic (exact) mass is 806 g/mol. The molecule has 0 spiro atoms. The zero-order valence-corrected chi connectivity index (χ0v) is 34.4. The summed E-state index contributed by atoms with van der Waals surface area (Å²) >= 11 is 1.73. The van der Waals surface area contributed by atoms with Gasteiger partial charge in [0.2, 0.25) is 5.79 Å². The zero-order chi connectivity index (χ0) is 40.9. The van der Waals surface area contributed by atoms with Crippen LogP contribution in [0.4, 0.5) is 5.69 Å². The first-order valence-corrected chi connectivity index (χ1v) is 21.3. The number of oxime groups is 1. The van der Waals surface area contributed by atoms with E-state index in [1.807, 2.05) is 45.0 Å². The lowest BCUT2D eigenvalue weighted by Gasteiger charge is -2.58. The molecule has 10 nitrogen and oxygen atoms in total. The summed E-state index contributed by atoms with van der Waals surface area (Å²) in [5.74, 6) is 0.198. The van der Waals surface area contributed by atoms with Crippen molar-refractivity contribution in [1.29, 1.82) is 0 Å². The molecule has 0 radical (unpaired) electrons. The van der Waals surface area contributed by atoms with Crippen LogP contribution >= 0.6 is 11.8 Å². The molecule has 4 aromatic rings. The molecule has 3 aliphatic rings. The summed E-state index contributed by atoms with van der Waals surface area (Å²) in [4.78, 5) is 18.5. The molecule has 1 saturated carbocycles. The van der Waals surface area contributed by atoms with Gasteiger partial charge in [-0.05, 0) is 111 Å². The highest BCUT2D eigenvalue weighted by molar-refractivity contribution is 8.00. The van der Waals surface area contributed by atoms with E-state index in [2.05, 4.69) is 49.1 Å². The number of nitrogens with zero attached hydrogens (tertiary/aromatic N) is 2. The molecule has 6 atom stereocenters. The minimum atomic E-state index is -1.15. The van der Waals surface area contributed by atoms with E-state index in [1.165, 1.54) is 12.1 Å². The van der Waals surface area contributed by atoms with E-state index < -0.39 is 16.3 Å². The van der Waals surface area contributed by atoms with Gasteiger partial charge in [0, 0.05) is 42.1 Å². The molecular formula is C47H54N2O8S. The number of rotatable bonds is 17. The van der Waals surface area contributed by atoms with Gasteiger partial charge in [-0.25, -0.2) is 0 Å². The number of allylic oxidation sites excluding steroid dienone is 1. The van der Waals surface area contributed by atoms with E-state index in [9.17, 15) is 20.3 Å². The molecule has 2 aliphatic carbocycles. The number of hydrogen-bond donors (Lipinski definition) is 2.